The highest BCUT2D eigenvalue weighted by Crippen LogP contribution is 2.45. The third-order valence-electron chi connectivity index (χ3n) is 5.97. The number of hydrogen-bond acceptors (Lipinski definition) is 7. The van der Waals surface area contributed by atoms with Crippen molar-refractivity contribution in [2.24, 2.45) is 10.9 Å². The lowest BCUT2D eigenvalue weighted by molar-refractivity contribution is -0.139. The highest BCUT2D eigenvalue weighted by molar-refractivity contribution is 8.16. The van der Waals surface area contributed by atoms with Crippen LogP contribution < -0.4 is 10.1 Å². The number of amidine groups is 1. The van der Waals surface area contributed by atoms with E-state index in [0.29, 0.717) is 36.1 Å². The largest absolute Gasteiger partial charge is 0.489 e. The summed E-state index contributed by atoms with van der Waals surface area (Å²) in [6, 6.07) is 17.2. The second kappa shape index (κ2) is 12.1. The molecule has 0 aromatic heterocycles. The molecule has 2 aliphatic heterocycles. The van der Waals surface area contributed by atoms with E-state index in [2.05, 4.69) is 19.2 Å². The van der Waals surface area contributed by atoms with E-state index in [9.17, 15) is 9.59 Å². The first-order chi connectivity index (χ1) is 17.9. The van der Waals surface area contributed by atoms with Crippen molar-refractivity contribution < 1.29 is 19.1 Å². The van der Waals surface area contributed by atoms with Crippen molar-refractivity contribution in [2.75, 3.05) is 13.2 Å². The number of hydrogen-bond donors (Lipinski definition) is 1. The lowest BCUT2D eigenvalue weighted by atomic mass is 9.93. The Bertz CT molecular complexity index is 1240. The van der Waals surface area contributed by atoms with E-state index in [-0.39, 0.29) is 18.9 Å². The van der Waals surface area contributed by atoms with E-state index in [1.807, 2.05) is 71.8 Å². The van der Waals surface area contributed by atoms with Crippen LogP contribution in [0, 0.1) is 5.92 Å². The van der Waals surface area contributed by atoms with Crippen LogP contribution in [-0.2, 0) is 20.9 Å². The Morgan fingerprint density at radius 1 is 1.14 bits per heavy atom. The Balaban J connectivity index is 1.65. The fourth-order valence-corrected chi connectivity index (χ4v) is 5.18. The first kappa shape index (κ1) is 26.5. The van der Waals surface area contributed by atoms with Crippen LogP contribution in [0.15, 0.2) is 82.0 Å². The van der Waals surface area contributed by atoms with Gasteiger partial charge in [-0.25, -0.2) is 9.79 Å². The van der Waals surface area contributed by atoms with Crippen LogP contribution in [0.1, 0.15) is 51.3 Å². The monoisotopic (exact) mass is 519 g/mol. The van der Waals surface area contributed by atoms with Gasteiger partial charge in [-0.05, 0) is 48.4 Å². The molecule has 37 heavy (non-hydrogen) atoms. The Labute approximate surface area is 222 Å². The van der Waals surface area contributed by atoms with Crippen LogP contribution in [0.25, 0.3) is 0 Å². The predicted octanol–water partition coefficient (Wildman–Crippen LogP) is 5.57. The van der Waals surface area contributed by atoms with Crippen molar-refractivity contribution in [3.63, 3.8) is 0 Å². The minimum absolute atomic E-state index is 0.0653. The Morgan fingerprint density at radius 2 is 1.92 bits per heavy atom. The number of rotatable bonds is 10. The smallest absolute Gasteiger partial charge is 0.338 e. The maximum atomic E-state index is 13.2. The number of nitrogens with one attached hydrogen (secondary N) is 1. The number of fused-ring (bicyclic) bond motifs is 1. The molecule has 194 valence electrons. The van der Waals surface area contributed by atoms with Gasteiger partial charge in [0.2, 0.25) is 5.91 Å². The van der Waals surface area contributed by atoms with Gasteiger partial charge < -0.3 is 19.7 Å². The number of allylic oxidation sites excluding steroid dienone is 1. The number of ether oxygens (including phenoxy) is 2. The number of carbonyl (C=O) groups is 2. The van der Waals surface area contributed by atoms with Gasteiger partial charge in [-0.3, -0.25) is 4.79 Å². The molecule has 1 N–H and O–H groups in total. The van der Waals surface area contributed by atoms with Crippen LogP contribution in [0.5, 0.6) is 5.75 Å². The average molecular weight is 520 g/mol. The van der Waals surface area contributed by atoms with Crippen LogP contribution in [0.3, 0.4) is 0 Å². The maximum Gasteiger partial charge on any atom is 0.338 e. The minimum atomic E-state index is -0.494. The normalized spacial score (nSPS) is 16.8. The summed E-state index contributed by atoms with van der Waals surface area (Å²) in [5.41, 5.74) is 3.78. The minimum Gasteiger partial charge on any atom is -0.489 e. The molecule has 4 rings (SSSR count). The first-order valence-electron chi connectivity index (χ1n) is 12.5. The second-order valence-electron chi connectivity index (χ2n) is 9.33. The van der Waals surface area contributed by atoms with Crippen molar-refractivity contribution in [2.45, 2.75) is 46.8 Å². The van der Waals surface area contributed by atoms with Gasteiger partial charge in [0.05, 0.1) is 30.3 Å². The predicted molar refractivity (Wildman–Crippen MR) is 147 cm³/mol. The molecule has 0 bridgehead atoms. The average Bonchev–Trinajstić information content (AvgIpc) is 3.28. The second-order valence-corrected chi connectivity index (χ2v) is 10.2. The Morgan fingerprint density at radius 3 is 2.65 bits per heavy atom. The summed E-state index contributed by atoms with van der Waals surface area (Å²) >= 11 is 1.46. The van der Waals surface area contributed by atoms with Gasteiger partial charge in [-0.15, -0.1) is 0 Å². The molecule has 2 aromatic carbocycles. The molecule has 0 aliphatic carbocycles. The van der Waals surface area contributed by atoms with Crippen molar-refractivity contribution in [1.82, 2.24) is 10.2 Å². The summed E-state index contributed by atoms with van der Waals surface area (Å²) in [4.78, 5) is 32.6. The molecule has 0 fully saturated rings. The van der Waals surface area contributed by atoms with Gasteiger partial charge in [0, 0.05) is 12.2 Å². The van der Waals surface area contributed by atoms with E-state index in [0.717, 1.165) is 22.0 Å². The molecule has 2 heterocycles. The van der Waals surface area contributed by atoms with E-state index in [4.69, 9.17) is 14.5 Å². The summed E-state index contributed by atoms with van der Waals surface area (Å²) in [5.74, 6) is 0.571. The zero-order chi connectivity index (χ0) is 26.4. The van der Waals surface area contributed by atoms with Gasteiger partial charge >= 0.3 is 5.97 Å². The number of aliphatic imine (C=N–C) groups is 1. The molecule has 0 spiro atoms. The third kappa shape index (κ3) is 6.43. The number of esters is 1. The van der Waals surface area contributed by atoms with Gasteiger partial charge in [-0.2, -0.15) is 0 Å². The van der Waals surface area contributed by atoms with Gasteiger partial charge in [0.25, 0.3) is 0 Å². The molecule has 2 aromatic rings. The molecule has 1 atom stereocenters. The molecule has 0 saturated carbocycles. The van der Waals surface area contributed by atoms with Crippen molar-refractivity contribution in [3.8, 4) is 5.75 Å². The fraction of sp³-hybridized carbons (Fsp3) is 0.345. The Hall–Kier alpha value is -3.52. The molecule has 1 amide bonds. The summed E-state index contributed by atoms with van der Waals surface area (Å²) in [5, 5.41) is 5.66. The SMILES string of the molecule is CCOC(=O)C1=C(C)N=C2SC=C(CC(=O)NCC(C)C)N2[C@H]1c1cccc(OCc2ccccc2)c1. The van der Waals surface area contributed by atoms with E-state index in [1.54, 1.807) is 6.92 Å². The molecule has 7 nitrogen and oxygen atoms in total. The van der Waals surface area contributed by atoms with E-state index >= 15 is 0 Å². The van der Waals surface area contributed by atoms with Gasteiger partial charge in [-0.1, -0.05) is 68.1 Å². The standard InChI is InChI=1S/C29H33N3O4S/c1-5-35-28(34)26-20(4)31-29-32(23(18-37-29)15-25(33)30-16-19(2)3)27(26)22-12-9-13-24(14-22)36-17-21-10-7-6-8-11-21/h6-14,18-19,27H,5,15-17H2,1-4H3,(H,30,33)/t27-/m0/s1. The highest BCUT2D eigenvalue weighted by atomic mass is 32.2. The zero-order valence-corrected chi connectivity index (χ0v) is 22.5. The van der Waals surface area contributed by atoms with Crippen LogP contribution in [0.4, 0.5) is 0 Å². The fourth-order valence-electron chi connectivity index (χ4n) is 4.22. The van der Waals surface area contributed by atoms with Crippen LogP contribution >= 0.6 is 11.8 Å². The molecule has 0 saturated heterocycles. The van der Waals surface area contributed by atoms with Crippen LogP contribution in [0.2, 0.25) is 0 Å². The summed E-state index contributed by atoms with van der Waals surface area (Å²) in [6.45, 7) is 9.03. The van der Waals surface area contributed by atoms with Gasteiger partial charge in [0.15, 0.2) is 5.17 Å². The summed E-state index contributed by atoms with van der Waals surface area (Å²) in [6.07, 6.45) is 0.189. The third-order valence-corrected chi connectivity index (χ3v) is 6.86. The lowest BCUT2D eigenvalue weighted by Gasteiger charge is -2.36. The lowest BCUT2D eigenvalue weighted by Crippen LogP contribution is -2.38. The summed E-state index contributed by atoms with van der Waals surface area (Å²) < 4.78 is 11.5. The molecule has 0 radical (unpaired) electrons. The number of nitrogens with zero attached hydrogens (tertiary/aromatic N) is 2. The van der Waals surface area contributed by atoms with E-state index < -0.39 is 12.0 Å². The molecule has 8 heteroatoms. The molecule has 2 aliphatic rings. The quantitative estimate of drug-likeness (QED) is 0.414. The van der Waals surface area contributed by atoms with E-state index in [1.165, 1.54) is 11.8 Å². The summed E-state index contributed by atoms with van der Waals surface area (Å²) in [7, 11) is 0. The molecular formula is C29H33N3O4S. The Kier molecular flexibility index (Phi) is 8.71. The first-order valence-corrected chi connectivity index (χ1v) is 13.4. The number of carbonyl (C=O) groups excluding carboxylic acids is 2. The van der Waals surface area contributed by atoms with Crippen molar-refractivity contribution >= 4 is 28.8 Å². The van der Waals surface area contributed by atoms with Crippen molar-refractivity contribution in [1.29, 1.82) is 0 Å². The number of benzene rings is 2. The van der Waals surface area contributed by atoms with Crippen molar-refractivity contribution in [3.05, 3.63) is 88.1 Å². The molecular weight excluding hydrogens is 486 g/mol. The highest BCUT2D eigenvalue weighted by Gasteiger charge is 2.41. The molecule has 0 unspecified atom stereocenters. The van der Waals surface area contributed by atoms with Crippen LogP contribution in [-0.4, -0.2) is 35.1 Å². The number of thioether (sulfide) groups is 1. The number of amides is 1. The zero-order valence-electron chi connectivity index (χ0n) is 21.7. The maximum absolute atomic E-state index is 13.2. The topological polar surface area (TPSA) is 80.2 Å². The van der Waals surface area contributed by atoms with Gasteiger partial charge in [0.1, 0.15) is 12.4 Å².